The Balaban J connectivity index is 2.36. The van der Waals surface area contributed by atoms with Crippen LogP contribution in [-0.4, -0.2) is 39.3 Å². The van der Waals surface area contributed by atoms with Gasteiger partial charge in [0.05, 0.1) is 16.5 Å². The maximum Gasteiger partial charge on any atom is 0.323 e. The van der Waals surface area contributed by atoms with Gasteiger partial charge in [-0.2, -0.15) is 12.6 Å². The van der Waals surface area contributed by atoms with Crippen molar-refractivity contribution < 1.29 is 24.7 Å². The van der Waals surface area contributed by atoms with Crippen LogP contribution in [0.3, 0.4) is 0 Å². The quantitative estimate of drug-likeness (QED) is 0.362. The Kier molecular flexibility index (Phi) is 6.78. The lowest BCUT2D eigenvalue weighted by Gasteiger charge is -2.25. The molecule has 0 spiro atoms. The summed E-state index contributed by atoms with van der Waals surface area (Å²) in [5, 5.41) is 29.8. The number of nitro benzene ring substituents is 1. The standard InChI is InChI=1S/C18H18N2O6S/c21-16-7-6-14(9-15(16)20(25)26)19(10-17(22)23)18(24)13(11-27)8-12-4-2-1-3-5-12/h1-7,9,13,21,27H,8,10-11H2,(H,22,23). The van der Waals surface area contributed by atoms with Crippen LogP contribution in [0.15, 0.2) is 48.5 Å². The monoisotopic (exact) mass is 390 g/mol. The first-order valence-corrected chi connectivity index (χ1v) is 8.62. The average Bonchev–Trinajstić information content (AvgIpc) is 2.64. The van der Waals surface area contributed by atoms with Crippen molar-refractivity contribution in [2.24, 2.45) is 5.92 Å². The minimum atomic E-state index is -1.27. The molecule has 0 saturated heterocycles. The lowest BCUT2D eigenvalue weighted by atomic mass is 9.99. The van der Waals surface area contributed by atoms with Gasteiger partial charge in [-0.1, -0.05) is 30.3 Å². The van der Waals surface area contributed by atoms with E-state index in [9.17, 15) is 29.9 Å². The molecule has 0 heterocycles. The Morgan fingerprint density at radius 2 is 1.85 bits per heavy atom. The number of carbonyl (C=O) groups is 2. The summed E-state index contributed by atoms with van der Waals surface area (Å²) in [5.41, 5.74) is 0.296. The smallest absolute Gasteiger partial charge is 0.323 e. The van der Waals surface area contributed by atoms with Gasteiger partial charge >= 0.3 is 11.7 Å². The zero-order valence-corrected chi connectivity index (χ0v) is 15.1. The SMILES string of the molecule is O=C(O)CN(C(=O)C(CS)Cc1ccccc1)c1ccc(O)c([N+](=O)[O-])c1. The van der Waals surface area contributed by atoms with E-state index in [1.807, 2.05) is 30.3 Å². The molecule has 0 fully saturated rings. The second-order valence-corrected chi connectivity index (χ2v) is 6.18. The predicted molar refractivity (Wildman–Crippen MR) is 102 cm³/mol. The van der Waals surface area contributed by atoms with Gasteiger partial charge in [0, 0.05) is 11.8 Å². The maximum absolute atomic E-state index is 13.0. The molecule has 142 valence electrons. The topological polar surface area (TPSA) is 121 Å². The first-order chi connectivity index (χ1) is 12.8. The second kappa shape index (κ2) is 9.04. The van der Waals surface area contributed by atoms with Crippen molar-refractivity contribution in [1.82, 2.24) is 0 Å². The molecule has 0 aromatic heterocycles. The van der Waals surface area contributed by atoms with Crippen molar-refractivity contribution in [3.8, 4) is 5.75 Å². The molecule has 27 heavy (non-hydrogen) atoms. The normalized spacial score (nSPS) is 11.6. The number of aliphatic carboxylic acids is 1. The lowest BCUT2D eigenvalue weighted by Crippen LogP contribution is -2.41. The summed E-state index contributed by atoms with van der Waals surface area (Å²) in [7, 11) is 0. The van der Waals surface area contributed by atoms with E-state index in [4.69, 9.17) is 0 Å². The number of benzene rings is 2. The zero-order valence-electron chi connectivity index (χ0n) is 14.2. The minimum Gasteiger partial charge on any atom is -0.502 e. The van der Waals surface area contributed by atoms with Crippen molar-refractivity contribution in [2.75, 3.05) is 17.2 Å². The van der Waals surface area contributed by atoms with Gasteiger partial charge in [-0.15, -0.1) is 0 Å². The molecule has 1 amide bonds. The number of hydrogen-bond donors (Lipinski definition) is 3. The van der Waals surface area contributed by atoms with Gasteiger partial charge in [0.25, 0.3) is 0 Å². The average molecular weight is 390 g/mol. The molecule has 0 aliphatic rings. The van der Waals surface area contributed by atoms with Crippen molar-refractivity contribution in [2.45, 2.75) is 6.42 Å². The summed E-state index contributed by atoms with van der Waals surface area (Å²) >= 11 is 4.21. The lowest BCUT2D eigenvalue weighted by molar-refractivity contribution is -0.385. The fourth-order valence-corrected chi connectivity index (χ4v) is 2.89. The van der Waals surface area contributed by atoms with E-state index in [0.29, 0.717) is 6.42 Å². The largest absolute Gasteiger partial charge is 0.502 e. The number of nitrogens with zero attached hydrogens (tertiary/aromatic N) is 2. The maximum atomic E-state index is 13.0. The molecule has 0 saturated carbocycles. The number of amides is 1. The van der Waals surface area contributed by atoms with Gasteiger partial charge in [-0.05, 0) is 24.1 Å². The Bertz CT molecular complexity index is 843. The Labute approximate surface area is 160 Å². The van der Waals surface area contributed by atoms with Crippen LogP contribution in [-0.2, 0) is 16.0 Å². The number of hydrogen-bond acceptors (Lipinski definition) is 6. The van der Waals surface area contributed by atoms with E-state index in [-0.39, 0.29) is 11.4 Å². The van der Waals surface area contributed by atoms with Gasteiger partial charge < -0.3 is 15.1 Å². The van der Waals surface area contributed by atoms with Gasteiger partial charge in [0.2, 0.25) is 5.91 Å². The van der Waals surface area contributed by atoms with E-state index < -0.39 is 40.7 Å². The molecule has 1 atom stereocenters. The molecule has 0 aliphatic heterocycles. The highest BCUT2D eigenvalue weighted by Crippen LogP contribution is 2.31. The van der Waals surface area contributed by atoms with Gasteiger partial charge in [0.1, 0.15) is 6.54 Å². The number of thiol groups is 1. The summed E-state index contributed by atoms with van der Waals surface area (Å²) in [6.45, 7) is -0.667. The van der Waals surface area contributed by atoms with Crippen molar-refractivity contribution in [3.05, 3.63) is 64.2 Å². The predicted octanol–water partition coefficient (Wildman–Crippen LogP) is 2.51. The van der Waals surface area contributed by atoms with Crippen LogP contribution in [0.1, 0.15) is 5.56 Å². The molecule has 2 N–H and O–H groups in total. The van der Waals surface area contributed by atoms with Crippen LogP contribution in [0.5, 0.6) is 5.75 Å². The summed E-state index contributed by atoms with van der Waals surface area (Å²) in [4.78, 5) is 35.4. The molecule has 0 bridgehead atoms. The Hall–Kier alpha value is -3.07. The number of carbonyl (C=O) groups excluding carboxylic acids is 1. The van der Waals surface area contributed by atoms with Crippen LogP contribution in [0.25, 0.3) is 0 Å². The number of rotatable bonds is 8. The van der Waals surface area contributed by atoms with Gasteiger partial charge in [-0.25, -0.2) is 0 Å². The van der Waals surface area contributed by atoms with Gasteiger partial charge in [0.15, 0.2) is 5.75 Å². The van der Waals surface area contributed by atoms with Crippen LogP contribution in [0, 0.1) is 16.0 Å². The molecular formula is C18H18N2O6S. The number of aromatic hydroxyl groups is 1. The highest BCUT2D eigenvalue weighted by Gasteiger charge is 2.28. The molecule has 0 radical (unpaired) electrons. The number of nitro groups is 1. The van der Waals surface area contributed by atoms with Crippen LogP contribution in [0.2, 0.25) is 0 Å². The highest BCUT2D eigenvalue weighted by atomic mass is 32.1. The summed E-state index contributed by atoms with van der Waals surface area (Å²) < 4.78 is 0. The number of phenols is 1. The zero-order chi connectivity index (χ0) is 20.0. The third kappa shape index (κ3) is 5.20. The van der Waals surface area contributed by atoms with Crippen LogP contribution < -0.4 is 4.90 Å². The van der Waals surface area contributed by atoms with E-state index >= 15 is 0 Å². The van der Waals surface area contributed by atoms with E-state index in [2.05, 4.69) is 12.6 Å². The van der Waals surface area contributed by atoms with Crippen molar-refractivity contribution >= 4 is 35.9 Å². The molecule has 1 unspecified atom stereocenters. The van der Waals surface area contributed by atoms with Crippen LogP contribution in [0.4, 0.5) is 11.4 Å². The number of anilines is 1. The van der Waals surface area contributed by atoms with Gasteiger partial charge in [-0.3, -0.25) is 19.7 Å². The number of carboxylic acid groups (broad SMARTS) is 1. The number of phenolic OH excluding ortho intramolecular Hbond substituents is 1. The molecule has 9 heteroatoms. The van der Waals surface area contributed by atoms with Crippen molar-refractivity contribution in [1.29, 1.82) is 0 Å². The summed E-state index contributed by atoms with van der Waals surface area (Å²) in [5.74, 6) is -2.80. The second-order valence-electron chi connectivity index (χ2n) is 5.82. The highest BCUT2D eigenvalue weighted by molar-refractivity contribution is 7.80. The molecule has 2 aromatic rings. The van der Waals surface area contributed by atoms with Crippen molar-refractivity contribution in [3.63, 3.8) is 0 Å². The first kappa shape index (κ1) is 20.2. The van der Waals surface area contributed by atoms with E-state index in [0.717, 1.165) is 22.6 Å². The molecular weight excluding hydrogens is 372 g/mol. The van der Waals surface area contributed by atoms with E-state index in [1.54, 1.807) is 0 Å². The number of carboxylic acids is 1. The first-order valence-electron chi connectivity index (χ1n) is 7.98. The third-order valence-corrected chi connectivity index (χ3v) is 4.36. The molecule has 2 aromatic carbocycles. The minimum absolute atomic E-state index is 0.0201. The van der Waals surface area contributed by atoms with Crippen LogP contribution >= 0.6 is 12.6 Å². The third-order valence-electron chi connectivity index (χ3n) is 3.92. The summed E-state index contributed by atoms with van der Waals surface area (Å²) in [6, 6.07) is 12.5. The van der Waals surface area contributed by atoms with E-state index in [1.165, 1.54) is 6.07 Å². The Morgan fingerprint density at radius 1 is 1.19 bits per heavy atom. The fourth-order valence-electron chi connectivity index (χ4n) is 2.61. The molecule has 0 aliphatic carbocycles. The summed E-state index contributed by atoms with van der Waals surface area (Å²) in [6.07, 6.45) is 0.347. The fraction of sp³-hybridized carbons (Fsp3) is 0.222. The molecule has 8 nitrogen and oxygen atoms in total. The Morgan fingerprint density at radius 3 is 2.41 bits per heavy atom. The molecule has 2 rings (SSSR count).